The highest BCUT2D eigenvalue weighted by Gasteiger charge is 2.23. The van der Waals surface area contributed by atoms with Crippen LogP contribution in [-0.2, 0) is 17.8 Å². The van der Waals surface area contributed by atoms with Crippen molar-refractivity contribution in [1.82, 2.24) is 10.2 Å². The van der Waals surface area contributed by atoms with Gasteiger partial charge in [-0.3, -0.25) is 4.79 Å². The molecule has 0 aliphatic carbocycles. The maximum Gasteiger partial charge on any atom is 0.222 e. The van der Waals surface area contributed by atoms with Gasteiger partial charge in [0.15, 0.2) is 0 Å². The lowest BCUT2D eigenvalue weighted by Crippen LogP contribution is -2.43. The molecule has 0 saturated carbocycles. The van der Waals surface area contributed by atoms with Crippen molar-refractivity contribution in [3.05, 3.63) is 29.3 Å². The molecule has 1 unspecified atom stereocenters. The van der Waals surface area contributed by atoms with Crippen LogP contribution in [0.1, 0.15) is 24.0 Å². The van der Waals surface area contributed by atoms with Gasteiger partial charge in [0.1, 0.15) is 0 Å². The summed E-state index contributed by atoms with van der Waals surface area (Å²) >= 11 is 0. The van der Waals surface area contributed by atoms with E-state index in [4.69, 9.17) is 0 Å². The van der Waals surface area contributed by atoms with Crippen molar-refractivity contribution in [2.45, 2.75) is 31.8 Å². The van der Waals surface area contributed by atoms with Crippen molar-refractivity contribution < 1.29 is 4.79 Å². The first-order chi connectivity index (χ1) is 9.24. The van der Waals surface area contributed by atoms with Gasteiger partial charge < -0.3 is 15.5 Å². The number of rotatable bonds is 2. The zero-order chi connectivity index (χ0) is 13.2. The van der Waals surface area contributed by atoms with Crippen LogP contribution in [0.4, 0.5) is 5.69 Å². The molecule has 2 heterocycles. The Bertz CT molecular complexity index is 486. The lowest BCUT2D eigenvalue weighted by atomic mass is 9.98. The number of nitrogens with zero attached hydrogens (tertiary/aromatic N) is 1. The average Bonchev–Trinajstić information content (AvgIpc) is 2.43. The minimum atomic E-state index is 0.259. The van der Waals surface area contributed by atoms with Crippen LogP contribution in [0.25, 0.3) is 0 Å². The summed E-state index contributed by atoms with van der Waals surface area (Å²) in [5.41, 5.74) is 4.08. The van der Waals surface area contributed by atoms with Crippen LogP contribution in [0.2, 0.25) is 0 Å². The Morgan fingerprint density at radius 1 is 1.37 bits per heavy atom. The molecule has 2 aliphatic rings. The second-order valence-electron chi connectivity index (χ2n) is 5.52. The van der Waals surface area contributed by atoms with Crippen LogP contribution < -0.4 is 10.6 Å². The van der Waals surface area contributed by atoms with Gasteiger partial charge in [0, 0.05) is 38.3 Å². The fourth-order valence-electron chi connectivity index (χ4n) is 3.00. The van der Waals surface area contributed by atoms with E-state index in [0.29, 0.717) is 12.5 Å². The highest BCUT2D eigenvalue weighted by Crippen LogP contribution is 2.25. The van der Waals surface area contributed by atoms with Crippen molar-refractivity contribution >= 4 is 11.6 Å². The third-order valence-corrected chi connectivity index (χ3v) is 4.13. The highest BCUT2D eigenvalue weighted by atomic mass is 16.2. The zero-order valence-electron chi connectivity index (χ0n) is 11.4. The van der Waals surface area contributed by atoms with Crippen LogP contribution in [0.5, 0.6) is 0 Å². The Labute approximate surface area is 114 Å². The second-order valence-corrected chi connectivity index (χ2v) is 5.52. The van der Waals surface area contributed by atoms with Crippen molar-refractivity contribution in [3.8, 4) is 0 Å². The van der Waals surface area contributed by atoms with Crippen LogP contribution >= 0.6 is 0 Å². The van der Waals surface area contributed by atoms with Crippen molar-refractivity contribution in [1.29, 1.82) is 0 Å². The Morgan fingerprint density at radius 3 is 3.11 bits per heavy atom. The number of nitrogens with one attached hydrogen (secondary N) is 2. The summed E-state index contributed by atoms with van der Waals surface area (Å²) in [5, 5.41) is 7.06. The summed E-state index contributed by atoms with van der Waals surface area (Å²) in [6.45, 7) is 2.81. The fraction of sp³-hybridized carbons (Fsp3) is 0.533. The highest BCUT2D eigenvalue weighted by molar-refractivity contribution is 5.77. The SMILES string of the molecule is CN1CC(Nc2cccc3c2CNCC3)CCC1=O. The minimum absolute atomic E-state index is 0.259. The lowest BCUT2D eigenvalue weighted by Gasteiger charge is -2.32. The smallest absolute Gasteiger partial charge is 0.222 e. The number of likely N-dealkylation sites (N-methyl/N-ethyl adjacent to an activating group) is 1. The summed E-state index contributed by atoms with van der Waals surface area (Å²) in [7, 11) is 1.89. The first kappa shape index (κ1) is 12.5. The number of hydrogen-bond donors (Lipinski definition) is 2. The van der Waals surface area contributed by atoms with E-state index in [9.17, 15) is 4.79 Å². The molecule has 3 rings (SSSR count). The lowest BCUT2D eigenvalue weighted by molar-refractivity contribution is -0.132. The van der Waals surface area contributed by atoms with Crippen LogP contribution in [0.15, 0.2) is 18.2 Å². The summed E-state index contributed by atoms with van der Waals surface area (Å²) < 4.78 is 0. The number of carbonyl (C=O) groups is 1. The van der Waals surface area contributed by atoms with Crippen LogP contribution in [0.3, 0.4) is 0 Å². The Morgan fingerprint density at radius 2 is 2.26 bits per heavy atom. The standard InChI is InChI=1S/C15H21N3O/c1-18-10-12(5-6-15(18)19)17-14-4-2-3-11-7-8-16-9-13(11)14/h2-4,12,16-17H,5-10H2,1H3. The minimum Gasteiger partial charge on any atom is -0.380 e. The maximum atomic E-state index is 11.5. The number of amides is 1. The number of benzene rings is 1. The molecule has 0 radical (unpaired) electrons. The number of carbonyl (C=O) groups excluding carboxylic acids is 1. The molecule has 19 heavy (non-hydrogen) atoms. The number of piperidine rings is 1. The molecule has 2 aliphatic heterocycles. The third kappa shape index (κ3) is 2.59. The molecule has 1 fully saturated rings. The van der Waals surface area contributed by atoms with E-state index < -0.39 is 0 Å². The third-order valence-electron chi connectivity index (χ3n) is 4.13. The molecule has 1 amide bonds. The molecule has 1 saturated heterocycles. The first-order valence-corrected chi connectivity index (χ1v) is 7.06. The number of anilines is 1. The summed E-state index contributed by atoms with van der Waals surface area (Å²) in [6, 6.07) is 6.88. The van der Waals surface area contributed by atoms with Gasteiger partial charge in [-0.2, -0.15) is 0 Å². The van der Waals surface area contributed by atoms with Gasteiger partial charge in [-0.25, -0.2) is 0 Å². The average molecular weight is 259 g/mol. The molecule has 102 valence electrons. The summed E-state index contributed by atoms with van der Waals surface area (Å²) in [5.74, 6) is 0.259. The Kier molecular flexibility index (Phi) is 3.42. The van der Waals surface area contributed by atoms with E-state index in [1.54, 1.807) is 0 Å². The molecule has 0 spiro atoms. The Balaban J connectivity index is 1.75. The van der Waals surface area contributed by atoms with Gasteiger partial charge in [-0.1, -0.05) is 12.1 Å². The van der Waals surface area contributed by atoms with E-state index in [1.165, 1.54) is 16.8 Å². The van der Waals surface area contributed by atoms with Gasteiger partial charge >= 0.3 is 0 Å². The predicted octanol–water partition coefficient (Wildman–Crippen LogP) is 1.36. The first-order valence-electron chi connectivity index (χ1n) is 7.06. The normalized spacial score (nSPS) is 23.1. The van der Waals surface area contributed by atoms with Crippen LogP contribution in [0, 0.1) is 0 Å². The van der Waals surface area contributed by atoms with E-state index in [1.807, 2.05) is 11.9 Å². The maximum absolute atomic E-state index is 11.5. The number of likely N-dealkylation sites (tertiary alicyclic amines) is 1. The molecule has 4 nitrogen and oxygen atoms in total. The number of hydrogen-bond acceptors (Lipinski definition) is 3. The van der Waals surface area contributed by atoms with Crippen molar-refractivity contribution in [3.63, 3.8) is 0 Å². The Hall–Kier alpha value is -1.55. The molecule has 1 aromatic rings. The van der Waals surface area contributed by atoms with Crippen molar-refractivity contribution in [2.24, 2.45) is 0 Å². The molecule has 4 heteroatoms. The van der Waals surface area contributed by atoms with E-state index >= 15 is 0 Å². The molecule has 2 N–H and O–H groups in total. The zero-order valence-corrected chi connectivity index (χ0v) is 11.4. The van der Waals surface area contributed by atoms with E-state index in [2.05, 4.69) is 28.8 Å². The quantitative estimate of drug-likeness (QED) is 0.843. The van der Waals surface area contributed by atoms with E-state index in [0.717, 1.165) is 32.5 Å². The molecule has 1 aromatic carbocycles. The molecule has 0 aromatic heterocycles. The number of fused-ring (bicyclic) bond motifs is 1. The monoisotopic (exact) mass is 259 g/mol. The van der Waals surface area contributed by atoms with Gasteiger partial charge in [0.25, 0.3) is 0 Å². The molecular formula is C15H21N3O. The summed E-state index contributed by atoms with van der Waals surface area (Å²) in [4.78, 5) is 13.3. The fourth-order valence-corrected chi connectivity index (χ4v) is 3.00. The van der Waals surface area contributed by atoms with Gasteiger partial charge in [0.2, 0.25) is 5.91 Å². The second kappa shape index (κ2) is 5.21. The molecule has 0 bridgehead atoms. The molecule has 1 atom stereocenters. The molecular weight excluding hydrogens is 238 g/mol. The largest absolute Gasteiger partial charge is 0.380 e. The van der Waals surface area contributed by atoms with Crippen molar-refractivity contribution in [2.75, 3.05) is 25.5 Å². The van der Waals surface area contributed by atoms with Gasteiger partial charge in [0.05, 0.1) is 0 Å². The topological polar surface area (TPSA) is 44.4 Å². The van der Waals surface area contributed by atoms with E-state index in [-0.39, 0.29) is 5.91 Å². The predicted molar refractivity (Wildman–Crippen MR) is 76.1 cm³/mol. The van der Waals surface area contributed by atoms with Gasteiger partial charge in [-0.05, 0) is 36.6 Å². The van der Waals surface area contributed by atoms with Gasteiger partial charge in [-0.15, -0.1) is 0 Å². The summed E-state index contributed by atoms with van der Waals surface area (Å²) in [6.07, 6.45) is 2.69. The van der Waals surface area contributed by atoms with Crippen LogP contribution in [-0.4, -0.2) is 37.0 Å².